The second-order valence-electron chi connectivity index (χ2n) is 7.45. The van der Waals surface area contributed by atoms with Crippen LogP contribution in [-0.2, 0) is 6.54 Å². The molecule has 0 bridgehead atoms. The summed E-state index contributed by atoms with van der Waals surface area (Å²) in [6.07, 6.45) is 6.82. The van der Waals surface area contributed by atoms with Crippen molar-refractivity contribution in [1.82, 2.24) is 9.97 Å². The number of carboxylic acid groups (broad SMARTS) is 1. The molecular weight excluding hydrogens is 420 g/mol. The number of rotatable bonds is 10. The van der Waals surface area contributed by atoms with E-state index in [9.17, 15) is 18.7 Å². The van der Waals surface area contributed by atoms with Gasteiger partial charge in [0.2, 0.25) is 0 Å². The van der Waals surface area contributed by atoms with Gasteiger partial charge in [-0.2, -0.15) is 8.78 Å². The summed E-state index contributed by atoms with van der Waals surface area (Å²) in [4.78, 5) is 21.4. The molecule has 9 heteroatoms. The summed E-state index contributed by atoms with van der Waals surface area (Å²) < 4.78 is 36.2. The lowest BCUT2D eigenvalue weighted by Gasteiger charge is -2.26. The summed E-state index contributed by atoms with van der Waals surface area (Å²) in [6, 6.07) is 11.1. The van der Waals surface area contributed by atoms with Crippen molar-refractivity contribution in [2.45, 2.75) is 26.0 Å². The van der Waals surface area contributed by atoms with Gasteiger partial charge in [-0.3, -0.25) is 0 Å². The number of carbonyl (C=O) groups is 1. The van der Waals surface area contributed by atoms with Crippen molar-refractivity contribution in [3.8, 4) is 11.5 Å². The van der Waals surface area contributed by atoms with E-state index >= 15 is 0 Å². The Morgan fingerprint density at radius 2 is 1.84 bits per heavy atom. The molecule has 1 aliphatic carbocycles. The van der Waals surface area contributed by atoms with Crippen molar-refractivity contribution in [1.29, 1.82) is 0 Å². The van der Waals surface area contributed by atoms with Crippen LogP contribution in [0.2, 0.25) is 0 Å². The highest BCUT2D eigenvalue weighted by molar-refractivity contribution is 5.89. The molecule has 32 heavy (non-hydrogen) atoms. The number of halogens is 2. The van der Waals surface area contributed by atoms with Gasteiger partial charge >= 0.3 is 12.6 Å². The van der Waals surface area contributed by atoms with Crippen LogP contribution in [0.4, 0.5) is 20.2 Å². The Hall–Kier alpha value is -3.75. The van der Waals surface area contributed by atoms with Crippen LogP contribution in [0.25, 0.3) is 0 Å². The minimum atomic E-state index is -2.98. The van der Waals surface area contributed by atoms with E-state index in [1.807, 2.05) is 4.90 Å². The van der Waals surface area contributed by atoms with Gasteiger partial charge in [-0.1, -0.05) is 6.07 Å². The zero-order valence-electron chi connectivity index (χ0n) is 17.0. The van der Waals surface area contributed by atoms with Gasteiger partial charge in [0.15, 0.2) is 11.5 Å². The predicted octanol–water partition coefficient (Wildman–Crippen LogP) is 4.90. The highest BCUT2D eigenvalue weighted by Crippen LogP contribution is 2.38. The zero-order chi connectivity index (χ0) is 22.5. The molecule has 166 valence electrons. The molecule has 1 saturated carbocycles. The molecule has 0 amide bonds. The van der Waals surface area contributed by atoms with Gasteiger partial charge in [0.05, 0.1) is 18.7 Å². The molecule has 0 atom stereocenters. The molecule has 1 heterocycles. The van der Waals surface area contributed by atoms with Gasteiger partial charge < -0.3 is 19.5 Å². The molecule has 3 aromatic rings. The summed E-state index contributed by atoms with van der Waals surface area (Å²) in [5.74, 6) is -0.475. The molecule has 1 fully saturated rings. The number of hydrogen-bond donors (Lipinski definition) is 1. The Morgan fingerprint density at radius 3 is 2.53 bits per heavy atom. The SMILES string of the molecule is O=C(O)c1cccc(N(Cc2cncnc2)c2ccc(OC(F)F)c(OCC3CC3)c2)c1. The highest BCUT2D eigenvalue weighted by atomic mass is 19.3. The van der Waals surface area contributed by atoms with E-state index in [4.69, 9.17) is 4.74 Å². The minimum absolute atomic E-state index is 0.0494. The Balaban J connectivity index is 1.72. The Kier molecular flexibility index (Phi) is 6.44. The van der Waals surface area contributed by atoms with Crippen molar-refractivity contribution in [2.24, 2.45) is 5.92 Å². The largest absolute Gasteiger partial charge is 0.489 e. The van der Waals surface area contributed by atoms with E-state index in [1.165, 1.54) is 18.5 Å². The van der Waals surface area contributed by atoms with Crippen LogP contribution in [0.1, 0.15) is 28.8 Å². The molecule has 0 saturated heterocycles. The molecule has 0 radical (unpaired) electrons. The molecule has 4 rings (SSSR count). The topological polar surface area (TPSA) is 84.8 Å². The molecule has 2 aromatic carbocycles. The van der Waals surface area contributed by atoms with Gasteiger partial charge in [0.25, 0.3) is 0 Å². The highest BCUT2D eigenvalue weighted by Gasteiger charge is 2.24. The summed E-state index contributed by atoms with van der Waals surface area (Å²) in [5, 5.41) is 9.40. The van der Waals surface area contributed by atoms with Crippen molar-refractivity contribution in [2.75, 3.05) is 11.5 Å². The second-order valence-corrected chi connectivity index (χ2v) is 7.45. The normalized spacial score (nSPS) is 13.1. The van der Waals surface area contributed by atoms with Crippen molar-refractivity contribution < 1.29 is 28.2 Å². The van der Waals surface area contributed by atoms with Crippen LogP contribution >= 0.6 is 0 Å². The van der Waals surface area contributed by atoms with Gasteiger partial charge in [0.1, 0.15) is 6.33 Å². The lowest BCUT2D eigenvalue weighted by Crippen LogP contribution is -2.18. The second kappa shape index (κ2) is 9.59. The number of hydrogen-bond acceptors (Lipinski definition) is 6. The number of anilines is 2. The number of aromatic carboxylic acids is 1. The summed E-state index contributed by atoms with van der Waals surface area (Å²) in [7, 11) is 0. The average Bonchev–Trinajstić information content (AvgIpc) is 3.62. The van der Waals surface area contributed by atoms with Gasteiger partial charge in [-0.15, -0.1) is 0 Å². The number of alkyl halides is 2. The lowest BCUT2D eigenvalue weighted by molar-refractivity contribution is -0.0515. The molecule has 0 unspecified atom stereocenters. The minimum Gasteiger partial charge on any atom is -0.489 e. The van der Waals surface area contributed by atoms with Crippen LogP contribution in [0.3, 0.4) is 0 Å². The number of aromatic nitrogens is 2. The first kappa shape index (κ1) is 21.5. The van der Waals surface area contributed by atoms with Gasteiger partial charge in [0, 0.05) is 35.4 Å². The van der Waals surface area contributed by atoms with E-state index in [2.05, 4.69) is 14.7 Å². The lowest BCUT2D eigenvalue weighted by atomic mass is 10.1. The van der Waals surface area contributed by atoms with Crippen LogP contribution in [-0.4, -0.2) is 34.3 Å². The van der Waals surface area contributed by atoms with Crippen LogP contribution < -0.4 is 14.4 Å². The molecule has 1 N–H and O–H groups in total. The summed E-state index contributed by atoms with van der Waals surface area (Å²) in [5.41, 5.74) is 2.12. The van der Waals surface area contributed by atoms with Crippen LogP contribution in [0.15, 0.2) is 61.2 Å². The molecule has 1 aromatic heterocycles. The maximum absolute atomic E-state index is 12.9. The number of nitrogens with zero attached hydrogens (tertiary/aromatic N) is 3. The summed E-state index contributed by atoms with van der Waals surface area (Å²) >= 11 is 0. The van der Waals surface area contributed by atoms with E-state index in [-0.39, 0.29) is 17.1 Å². The van der Waals surface area contributed by atoms with Crippen molar-refractivity contribution >= 4 is 17.3 Å². The third-order valence-corrected chi connectivity index (χ3v) is 4.99. The smallest absolute Gasteiger partial charge is 0.387 e. The van der Waals surface area contributed by atoms with Crippen molar-refractivity contribution in [3.63, 3.8) is 0 Å². The fourth-order valence-corrected chi connectivity index (χ4v) is 3.20. The average molecular weight is 441 g/mol. The zero-order valence-corrected chi connectivity index (χ0v) is 17.0. The molecular formula is C23H21F2N3O4. The third-order valence-electron chi connectivity index (χ3n) is 4.99. The summed E-state index contributed by atoms with van der Waals surface area (Å²) in [6.45, 7) is -2.24. The maximum atomic E-state index is 12.9. The fourth-order valence-electron chi connectivity index (χ4n) is 3.20. The van der Waals surface area contributed by atoms with Crippen molar-refractivity contribution in [3.05, 3.63) is 72.3 Å². The Labute approximate surface area is 183 Å². The monoisotopic (exact) mass is 441 g/mol. The van der Waals surface area contributed by atoms with E-state index in [0.717, 1.165) is 18.4 Å². The predicted molar refractivity (Wildman–Crippen MR) is 113 cm³/mol. The number of ether oxygens (including phenoxy) is 2. The number of carboxylic acids is 1. The molecule has 0 aliphatic heterocycles. The van der Waals surface area contributed by atoms with E-state index < -0.39 is 12.6 Å². The maximum Gasteiger partial charge on any atom is 0.387 e. The molecule has 7 nitrogen and oxygen atoms in total. The Bertz CT molecular complexity index is 1080. The standard InChI is InChI=1S/C23H21F2N3O4/c24-23(25)32-20-7-6-19(9-21(20)31-13-15-4-5-15)28(12-16-10-26-14-27-11-16)18-3-1-2-17(8-18)22(29)30/h1-3,6-11,14-15,23H,4-5,12-13H2,(H,29,30). The van der Waals surface area contributed by atoms with E-state index in [1.54, 1.807) is 42.7 Å². The van der Waals surface area contributed by atoms with Gasteiger partial charge in [-0.25, -0.2) is 14.8 Å². The first-order chi connectivity index (χ1) is 15.5. The molecule has 1 aliphatic rings. The number of benzene rings is 2. The Morgan fingerprint density at radius 1 is 1.09 bits per heavy atom. The van der Waals surface area contributed by atoms with E-state index in [0.29, 0.717) is 30.4 Å². The first-order valence-electron chi connectivity index (χ1n) is 10.1. The third kappa shape index (κ3) is 5.48. The quantitative estimate of drug-likeness (QED) is 0.479. The van der Waals surface area contributed by atoms with Crippen LogP contribution in [0.5, 0.6) is 11.5 Å². The molecule has 0 spiro atoms. The first-order valence-corrected chi connectivity index (χ1v) is 10.1. The van der Waals surface area contributed by atoms with Crippen LogP contribution in [0, 0.1) is 5.92 Å². The van der Waals surface area contributed by atoms with Gasteiger partial charge in [-0.05, 0) is 49.1 Å². The fraction of sp³-hybridized carbons (Fsp3) is 0.261.